The van der Waals surface area contributed by atoms with Crippen LogP contribution >= 0.6 is 0 Å². The van der Waals surface area contributed by atoms with Crippen molar-refractivity contribution in [1.82, 2.24) is 9.13 Å². The Labute approximate surface area is 110 Å². The molecular weight excluding hydrogens is 252 g/mol. The minimum absolute atomic E-state index is 0.249. The van der Waals surface area contributed by atoms with Crippen LogP contribution in [0.1, 0.15) is 0 Å². The highest BCUT2D eigenvalue weighted by Gasteiger charge is 2.05. The second-order valence-corrected chi connectivity index (χ2v) is 4.12. The van der Waals surface area contributed by atoms with Crippen molar-refractivity contribution in [2.24, 2.45) is 0 Å². The monoisotopic (exact) mass is 270 g/mol. The van der Waals surface area contributed by atoms with Crippen LogP contribution in [-0.2, 0) is 27.3 Å². The molecule has 1 aromatic rings. The van der Waals surface area contributed by atoms with Gasteiger partial charge in [0.25, 0.3) is 5.56 Å². The molecule has 7 nitrogen and oxygen atoms in total. The standard InChI is InChI=1S/C12H18N2O5/c15-11-1-2-13-3-5-17-7-9-19-10-8-18-6-4-14(11)12(13)16/h1-2H,3-10H2. The molecule has 0 aliphatic carbocycles. The first-order chi connectivity index (χ1) is 9.29. The zero-order chi connectivity index (χ0) is 13.5. The molecule has 0 N–H and O–H groups in total. The second kappa shape index (κ2) is 7.22. The summed E-state index contributed by atoms with van der Waals surface area (Å²) in [6.45, 7) is 3.32. The molecule has 0 spiro atoms. The molecule has 1 aliphatic rings. The minimum atomic E-state index is -0.326. The highest BCUT2D eigenvalue weighted by Crippen LogP contribution is 1.87. The first kappa shape index (κ1) is 14.0. The van der Waals surface area contributed by atoms with Gasteiger partial charge in [-0.2, -0.15) is 0 Å². The zero-order valence-corrected chi connectivity index (χ0v) is 10.7. The van der Waals surface area contributed by atoms with Gasteiger partial charge in [0.1, 0.15) is 0 Å². The van der Waals surface area contributed by atoms with Gasteiger partial charge in [-0.25, -0.2) is 4.79 Å². The van der Waals surface area contributed by atoms with Crippen LogP contribution in [0.4, 0.5) is 0 Å². The Morgan fingerprint density at radius 1 is 0.842 bits per heavy atom. The molecule has 0 unspecified atom stereocenters. The Bertz CT molecular complexity index is 508. The number of hydrogen-bond donors (Lipinski definition) is 0. The molecule has 0 fully saturated rings. The molecule has 2 bridgehead atoms. The van der Waals surface area contributed by atoms with E-state index in [-0.39, 0.29) is 17.8 Å². The summed E-state index contributed by atoms with van der Waals surface area (Å²) in [5.41, 5.74) is -0.637. The highest BCUT2D eigenvalue weighted by atomic mass is 16.5. The molecule has 1 aliphatic heterocycles. The fourth-order valence-electron chi connectivity index (χ4n) is 1.79. The third-order valence-electron chi connectivity index (χ3n) is 2.82. The first-order valence-electron chi connectivity index (χ1n) is 6.32. The van der Waals surface area contributed by atoms with E-state index in [4.69, 9.17) is 14.2 Å². The number of rotatable bonds is 0. The van der Waals surface area contributed by atoms with Crippen molar-refractivity contribution in [3.8, 4) is 0 Å². The van der Waals surface area contributed by atoms with Crippen LogP contribution in [0.15, 0.2) is 21.9 Å². The van der Waals surface area contributed by atoms with Gasteiger partial charge in [0.15, 0.2) is 0 Å². The third-order valence-corrected chi connectivity index (χ3v) is 2.82. The van der Waals surface area contributed by atoms with E-state index in [1.807, 2.05) is 0 Å². The van der Waals surface area contributed by atoms with Crippen molar-refractivity contribution >= 4 is 0 Å². The molecule has 106 valence electrons. The van der Waals surface area contributed by atoms with E-state index < -0.39 is 0 Å². The minimum Gasteiger partial charge on any atom is -0.377 e. The lowest BCUT2D eigenvalue weighted by Crippen LogP contribution is -2.40. The van der Waals surface area contributed by atoms with Gasteiger partial charge in [0, 0.05) is 12.3 Å². The number of ether oxygens (including phenoxy) is 3. The first-order valence-corrected chi connectivity index (χ1v) is 6.32. The lowest BCUT2D eigenvalue weighted by atomic mass is 10.5. The summed E-state index contributed by atoms with van der Waals surface area (Å²) >= 11 is 0. The molecule has 2 heterocycles. The maximum absolute atomic E-state index is 12.1. The van der Waals surface area contributed by atoms with Crippen molar-refractivity contribution in [2.45, 2.75) is 13.1 Å². The molecule has 7 heteroatoms. The SMILES string of the molecule is O=c1ccn2c(=O)n1CCOCCOCCOCC2. The van der Waals surface area contributed by atoms with E-state index in [1.54, 1.807) is 0 Å². The maximum atomic E-state index is 12.1. The summed E-state index contributed by atoms with van der Waals surface area (Å²) < 4.78 is 18.6. The van der Waals surface area contributed by atoms with Crippen molar-refractivity contribution in [2.75, 3.05) is 39.6 Å². The summed E-state index contributed by atoms with van der Waals surface area (Å²) in [6, 6.07) is 1.39. The third kappa shape index (κ3) is 4.02. The van der Waals surface area contributed by atoms with Crippen LogP contribution in [-0.4, -0.2) is 48.8 Å². The molecule has 0 saturated heterocycles. The largest absolute Gasteiger partial charge is 0.377 e. The van der Waals surface area contributed by atoms with Crippen LogP contribution in [0.2, 0.25) is 0 Å². The quantitative estimate of drug-likeness (QED) is 0.609. The van der Waals surface area contributed by atoms with Crippen LogP contribution in [0.25, 0.3) is 0 Å². The molecule has 0 atom stereocenters. The van der Waals surface area contributed by atoms with Crippen LogP contribution in [0, 0.1) is 0 Å². The average Bonchev–Trinajstić information content (AvgIpc) is 2.40. The van der Waals surface area contributed by atoms with Gasteiger partial charge < -0.3 is 14.2 Å². The van der Waals surface area contributed by atoms with Gasteiger partial charge >= 0.3 is 5.69 Å². The van der Waals surface area contributed by atoms with E-state index in [1.165, 1.54) is 21.4 Å². The van der Waals surface area contributed by atoms with Crippen LogP contribution < -0.4 is 11.2 Å². The van der Waals surface area contributed by atoms with Crippen LogP contribution in [0.5, 0.6) is 0 Å². The fourth-order valence-corrected chi connectivity index (χ4v) is 1.79. The van der Waals surface area contributed by atoms with Crippen molar-refractivity contribution in [3.05, 3.63) is 33.1 Å². The average molecular weight is 270 g/mol. The molecule has 0 amide bonds. The number of aromatic nitrogens is 2. The number of fused-ring (bicyclic) bond motifs is 2. The Hall–Kier alpha value is -1.44. The van der Waals surface area contributed by atoms with Crippen molar-refractivity contribution < 1.29 is 14.2 Å². The van der Waals surface area contributed by atoms with E-state index in [0.717, 1.165) is 0 Å². The van der Waals surface area contributed by atoms with Gasteiger partial charge in [-0.3, -0.25) is 13.9 Å². The Morgan fingerprint density at radius 3 is 2.11 bits per heavy atom. The Balaban J connectivity index is 2.14. The molecule has 19 heavy (non-hydrogen) atoms. The topological polar surface area (TPSA) is 71.7 Å². The summed E-state index contributed by atoms with van der Waals surface area (Å²) in [5.74, 6) is 0. The van der Waals surface area contributed by atoms with Gasteiger partial charge in [-0.15, -0.1) is 0 Å². The zero-order valence-electron chi connectivity index (χ0n) is 10.7. The van der Waals surface area contributed by atoms with Gasteiger partial charge in [-0.1, -0.05) is 0 Å². The van der Waals surface area contributed by atoms with Crippen molar-refractivity contribution in [3.63, 3.8) is 0 Å². The lowest BCUT2D eigenvalue weighted by molar-refractivity contribution is 0.00987. The number of hydrogen-bond acceptors (Lipinski definition) is 5. The fraction of sp³-hybridized carbons (Fsp3) is 0.667. The molecule has 0 saturated carbocycles. The van der Waals surface area contributed by atoms with Crippen LogP contribution in [0.3, 0.4) is 0 Å². The molecular formula is C12H18N2O5. The molecule has 0 aromatic carbocycles. The summed E-state index contributed by atoms with van der Waals surface area (Å²) in [4.78, 5) is 23.7. The molecule has 2 rings (SSSR count). The van der Waals surface area contributed by atoms with E-state index in [9.17, 15) is 9.59 Å². The normalized spacial score (nSPS) is 18.7. The van der Waals surface area contributed by atoms with E-state index >= 15 is 0 Å². The van der Waals surface area contributed by atoms with E-state index in [0.29, 0.717) is 46.2 Å². The summed E-state index contributed by atoms with van der Waals surface area (Å²) in [6.07, 6.45) is 1.49. The predicted molar refractivity (Wildman–Crippen MR) is 67.4 cm³/mol. The van der Waals surface area contributed by atoms with Gasteiger partial charge in [0.05, 0.1) is 52.7 Å². The smallest absolute Gasteiger partial charge is 0.331 e. The van der Waals surface area contributed by atoms with Gasteiger partial charge in [0.2, 0.25) is 0 Å². The highest BCUT2D eigenvalue weighted by molar-refractivity contribution is 4.86. The second-order valence-electron chi connectivity index (χ2n) is 4.12. The molecule has 0 radical (unpaired) electrons. The van der Waals surface area contributed by atoms with E-state index in [2.05, 4.69) is 0 Å². The van der Waals surface area contributed by atoms with Crippen molar-refractivity contribution in [1.29, 1.82) is 0 Å². The predicted octanol–water partition coefficient (Wildman–Crippen LogP) is -0.927. The molecule has 1 aromatic heterocycles. The Morgan fingerprint density at radius 2 is 1.42 bits per heavy atom. The summed E-state index contributed by atoms with van der Waals surface area (Å²) in [5, 5.41) is 0. The Kier molecular flexibility index (Phi) is 5.31. The lowest BCUT2D eigenvalue weighted by Gasteiger charge is -2.12. The maximum Gasteiger partial charge on any atom is 0.331 e. The summed E-state index contributed by atoms with van der Waals surface area (Å²) in [7, 11) is 0. The van der Waals surface area contributed by atoms with Gasteiger partial charge in [-0.05, 0) is 0 Å². The number of nitrogens with zero attached hydrogens (tertiary/aromatic N) is 2.